The van der Waals surface area contributed by atoms with Crippen molar-refractivity contribution in [2.75, 3.05) is 7.11 Å². The Morgan fingerprint density at radius 2 is 1.21 bits per heavy atom. The molecule has 1 atom stereocenters. The lowest BCUT2D eigenvalue weighted by molar-refractivity contribution is -0.162. The first-order valence-corrected chi connectivity index (χ1v) is 14.6. The summed E-state index contributed by atoms with van der Waals surface area (Å²) in [6.07, 6.45) is 0.259. The minimum Gasteiger partial charge on any atom is -0.497 e. The first kappa shape index (κ1) is 25.5. The van der Waals surface area contributed by atoms with E-state index in [0.29, 0.717) is 0 Å². The third kappa shape index (κ3) is 4.89. The first-order valence-electron chi connectivity index (χ1n) is 12.6. The normalized spacial score (nSPS) is 18.2. The number of methoxy groups -OCH3 is 1. The molecule has 1 aliphatic rings. The van der Waals surface area contributed by atoms with Gasteiger partial charge in [-0.05, 0) is 33.3 Å². The van der Waals surface area contributed by atoms with Gasteiger partial charge >= 0.3 is 5.97 Å². The molecule has 4 aromatic rings. The summed E-state index contributed by atoms with van der Waals surface area (Å²) in [5.41, 5.74) is 3.17. The van der Waals surface area contributed by atoms with Gasteiger partial charge in [-0.2, -0.15) is 0 Å². The van der Waals surface area contributed by atoms with Crippen LogP contribution in [0.1, 0.15) is 19.4 Å². The molecule has 5 rings (SSSR count). The molecule has 38 heavy (non-hydrogen) atoms. The molecular weight excluding hydrogens is 488 g/mol. The van der Waals surface area contributed by atoms with Crippen molar-refractivity contribution in [3.8, 4) is 17.2 Å². The fourth-order valence-electron chi connectivity index (χ4n) is 5.02. The zero-order valence-electron chi connectivity index (χ0n) is 21.8. The van der Waals surface area contributed by atoms with Gasteiger partial charge in [0.25, 0.3) is 0 Å². The Labute approximate surface area is 225 Å². The van der Waals surface area contributed by atoms with Gasteiger partial charge in [0.1, 0.15) is 5.75 Å². The highest BCUT2D eigenvalue weighted by Gasteiger charge is 2.54. The summed E-state index contributed by atoms with van der Waals surface area (Å²) in [5.74, 6) is 2.58. The lowest BCUT2D eigenvalue weighted by Gasteiger charge is -2.29. The molecule has 0 aliphatic carbocycles. The third-order valence-electron chi connectivity index (χ3n) is 6.77. The van der Waals surface area contributed by atoms with E-state index < -0.39 is 25.4 Å². The Balaban J connectivity index is 1.74. The van der Waals surface area contributed by atoms with Crippen LogP contribution in [-0.4, -0.2) is 32.5 Å². The number of carbonyl (C=O) groups is 1. The zero-order chi connectivity index (χ0) is 26.6. The maximum absolute atomic E-state index is 13.5. The molecule has 4 aromatic carbocycles. The molecule has 0 bridgehead atoms. The summed E-state index contributed by atoms with van der Waals surface area (Å²) >= 11 is 0. The van der Waals surface area contributed by atoms with Crippen molar-refractivity contribution in [1.82, 2.24) is 0 Å². The standard InChI is InChI=1S/C33H30O4Si/c1-32(2)36-31(34)33(37-32,25-26-19-21-27(35-3)22-20-26)23-24-38(28-13-7-4-8-14-28,29-15-9-5-10-16-29)30-17-11-6-12-18-30/h4-22H,25H2,1-3H3/t33-/m0/s1. The lowest BCUT2D eigenvalue weighted by atomic mass is 9.95. The molecular formula is C33H30O4Si. The van der Waals surface area contributed by atoms with Crippen LogP contribution in [0.4, 0.5) is 0 Å². The van der Waals surface area contributed by atoms with Gasteiger partial charge < -0.3 is 14.2 Å². The predicted molar refractivity (Wildman–Crippen MR) is 152 cm³/mol. The molecule has 190 valence electrons. The Bertz CT molecular complexity index is 1360. The molecule has 0 amide bonds. The van der Waals surface area contributed by atoms with Crippen LogP contribution in [0, 0.1) is 11.5 Å². The summed E-state index contributed by atoms with van der Waals surface area (Å²) in [6, 6.07) is 38.7. The molecule has 0 spiro atoms. The topological polar surface area (TPSA) is 44.8 Å². The van der Waals surface area contributed by atoms with E-state index in [-0.39, 0.29) is 6.42 Å². The maximum atomic E-state index is 13.5. The SMILES string of the molecule is COc1ccc(C[C@]2(C#C[Si](c3ccccc3)(c3ccccc3)c3ccccc3)OC(C)(C)OC2=O)cc1. The third-order valence-corrected chi connectivity index (χ3v) is 10.9. The van der Waals surface area contributed by atoms with Gasteiger partial charge in [-0.1, -0.05) is 109 Å². The Morgan fingerprint density at radius 3 is 1.61 bits per heavy atom. The molecule has 0 saturated carbocycles. The summed E-state index contributed by atoms with van der Waals surface area (Å²) in [4.78, 5) is 13.5. The maximum Gasteiger partial charge on any atom is 0.354 e. The van der Waals surface area contributed by atoms with Crippen LogP contribution in [0.2, 0.25) is 0 Å². The van der Waals surface area contributed by atoms with E-state index in [4.69, 9.17) is 14.2 Å². The highest BCUT2D eigenvalue weighted by atomic mass is 28.3. The number of carbonyl (C=O) groups excluding carboxylic acids is 1. The Morgan fingerprint density at radius 1 is 0.737 bits per heavy atom. The second-order valence-electron chi connectivity index (χ2n) is 9.84. The van der Waals surface area contributed by atoms with Crippen LogP contribution in [0.3, 0.4) is 0 Å². The van der Waals surface area contributed by atoms with E-state index in [2.05, 4.69) is 47.9 Å². The summed E-state index contributed by atoms with van der Waals surface area (Å²) in [7, 11) is -1.29. The van der Waals surface area contributed by atoms with E-state index in [1.165, 1.54) is 0 Å². The van der Waals surface area contributed by atoms with Crippen molar-refractivity contribution in [1.29, 1.82) is 0 Å². The van der Waals surface area contributed by atoms with Crippen LogP contribution in [0.15, 0.2) is 115 Å². The van der Waals surface area contributed by atoms with Gasteiger partial charge in [-0.25, -0.2) is 4.79 Å². The smallest absolute Gasteiger partial charge is 0.354 e. The minimum atomic E-state index is -2.92. The average Bonchev–Trinajstić information content (AvgIpc) is 3.18. The van der Waals surface area contributed by atoms with Gasteiger partial charge in [0.05, 0.1) is 7.11 Å². The number of ether oxygens (including phenoxy) is 3. The van der Waals surface area contributed by atoms with Crippen molar-refractivity contribution in [3.63, 3.8) is 0 Å². The molecule has 0 unspecified atom stereocenters. The van der Waals surface area contributed by atoms with E-state index in [0.717, 1.165) is 26.9 Å². The largest absolute Gasteiger partial charge is 0.497 e. The van der Waals surface area contributed by atoms with E-state index >= 15 is 0 Å². The molecule has 1 heterocycles. The fourth-order valence-corrected chi connectivity index (χ4v) is 8.92. The van der Waals surface area contributed by atoms with Gasteiger partial charge in [0.15, 0.2) is 0 Å². The van der Waals surface area contributed by atoms with Gasteiger partial charge in [0.2, 0.25) is 19.5 Å². The first-order chi connectivity index (χ1) is 18.4. The number of esters is 1. The molecule has 1 fully saturated rings. The van der Waals surface area contributed by atoms with E-state index in [1.54, 1.807) is 21.0 Å². The molecule has 0 N–H and O–H groups in total. The Kier molecular flexibility index (Phi) is 6.94. The van der Waals surface area contributed by atoms with Crippen LogP contribution in [0.5, 0.6) is 5.75 Å². The van der Waals surface area contributed by atoms with Gasteiger partial charge in [0, 0.05) is 20.3 Å². The highest BCUT2D eigenvalue weighted by Crippen LogP contribution is 2.35. The predicted octanol–water partition coefficient (Wildman–Crippen LogP) is 4.00. The zero-order valence-corrected chi connectivity index (χ0v) is 22.8. The monoisotopic (exact) mass is 518 g/mol. The van der Waals surface area contributed by atoms with Crippen molar-refractivity contribution in [2.45, 2.75) is 31.7 Å². The summed E-state index contributed by atoms with van der Waals surface area (Å²) < 4.78 is 17.4. The highest BCUT2D eigenvalue weighted by molar-refractivity contribution is 7.16. The minimum absolute atomic E-state index is 0.259. The van der Waals surface area contributed by atoms with E-state index in [1.807, 2.05) is 78.9 Å². The van der Waals surface area contributed by atoms with Crippen LogP contribution < -0.4 is 20.3 Å². The summed E-state index contributed by atoms with van der Waals surface area (Å²) in [5, 5.41) is 3.40. The molecule has 1 saturated heterocycles. The van der Waals surface area contributed by atoms with Crippen LogP contribution in [0.25, 0.3) is 0 Å². The summed E-state index contributed by atoms with van der Waals surface area (Å²) in [6.45, 7) is 3.50. The van der Waals surface area contributed by atoms with Gasteiger partial charge in [-0.15, -0.1) is 5.54 Å². The van der Waals surface area contributed by atoms with Crippen molar-refractivity contribution < 1.29 is 19.0 Å². The molecule has 0 aromatic heterocycles. The second-order valence-corrected chi connectivity index (χ2v) is 13.3. The molecule has 1 aliphatic heterocycles. The van der Waals surface area contributed by atoms with E-state index in [9.17, 15) is 4.79 Å². The fraction of sp³-hybridized carbons (Fsp3) is 0.182. The number of cyclic esters (lactones) is 1. The van der Waals surface area contributed by atoms with Crippen molar-refractivity contribution >= 4 is 29.6 Å². The Hall–Kier alpha value is -4.11. The number of hydrogen-bond acceptors (Lipinski definition) is 4. The van der Waals surface area contributed by atoms with Gasteiger partial charge in [-0.3, -0.25) is 0 Å². The second kappa shape index (κ2) is 10.3. The lowest BCUT2D eigenvalue weighted by Crippen LogP contribution is -2.66. The van der Waals surface area contributed by atoms with Crippen molar-refractivity contribution in [3.05, 3.63) is 121 Å². The van der Waals surface area contributed by atoms with Crippen LogP contribution in [-0.2, 0) is 20.7 Å². The number of rotatable bonds is 6. The molecule has 4 nitrogen and oxygen atoms in total. The van der Waals surface area contributed by atoms with Crippen LogP contribution >= 0.6 is 0 Å². The average molecular weight is 519 g/mol. The molecule has 0 radical (unpaired) electrons. The quantitative estimate of drug-likeness (QED) is 0.168. The van der Waals surface area contributed by atoms with Crippen molar-refractivity contribution in [2.24, 2.45) is 0 Å². The number of hydrogen-bond donors (Lipinski definition) is 0. The number of benzene rings is 4. The molecule has 5 heteroatoms.